The Kier molecular flexibility index (Phi) is 378. The Morgan fingerprint density at radius 2 is 0.800 bits per heavy atom. The van der Waals surface area contributed by atoms with Gasteiger partial charge in [0.2, 0.25) is 0 Å². The van der Waals surface area contributed by atoms with Gasteiger partial charge in [0.1, 0.15) is 0 Å². The molecule has 0 amide bonds. The molecule has 0 N–H and O–H groups in total. The second-order valence-corrected chi connectivity index (χ2v) is 0. The first-order valence-electron chi connectivity index (χ1n) is 0. The van der Waals surface area contributed by atoms with Crippen LogP contribution in [0.1, 0.15) is 0 Å². The second-order valence-electron chi connectivity index (χ2n) is 0. The summed E-state index contributed by atoms with van der Waals surface area (Å²) in [5.74, 6) is 0. The van der Waals surface area contributed by atoms with E-state index in [1.807, 2.05) is 0 Å². The topological polar surface area (TPSA) is 0 Å². The van der Waals surface area contributed by atoms with Gasteiger partial charge in [-0.3, -0.25) is 0 Å². The summed E-state index contributed by atoms with van der Waals surface area (Å²) in [5.41, 5.74) is 0. The molecule has 0 aromatic carbocycles. The fraction of sp³-hybridized carbons (Fsp3) is 0. The molecule has 0 nitrogen and oxygen atoms in total. The van der Waals surface area contributed by atoms with Crippen LogP contribution in [0.15, 0.2) is 0 Å². The van der Waals surface area contributed by atoms with Gasteiger partial charge in [0, 0.05) is 72.6 Å². The minimum Gasteiger partial charge on any atom is -0.358 e. The monoisotopic (exact) mass is 277 g/mol. The van der Waals surface area contributed by atoms with Crippen molar-refractivity contribution in [3.05, 3.63) is 7.43 Å². The summed E-state index contributed by atoms with van der Waals surface area (Å²) in [7, 11) is 0. The van der Waals surface area contributed by atoms with Crippen LogP contribution in [-0.2, 0) is 72.6 Å². The number of hydrogen-bond acceptors (Lipinski definition) is 0. The van der Waals surface area contributed by atoms with Gasteiger partial charge < -0.3 is 7.43 Å². The average molecular weight is 275 g/mol. The predicted octanol–water partition coefficient (Wildman–Crippen LogP) is 0.440. The van der Waals surface area contributed by atoms with Gasteiger partial charge in [0.05, 0.1) is 0 Å². The fourth-order valence-corrected chi connectivity index (χ4v) is 0. The van der Waals surface area contributed by atoms with E-state index in [1.54, 1.807) is 0 Å². The predicted molar refractivity (Wildman–Crippen MR) is 6.41 cm³/mol. The quantitative estimate of drug-likeness (QED) is 0.444. The summed E-state index contributed by atoms with van der Waals surface area (Å²) >= 11 is 0. The molecule has 0 rings (SSSR count). The average Bonchev–Trinajstić information content (AvgIpc) is 0. The van der Waals surface area contributed by atoms with Gasteiger partial charge in [-0.05, 0) is 0 Å². The third-order valence-corrected chi connectivity index (χ3v) is 0. The Morgan fingerprint density at radius 1 is 0.800 bits per heavy atom. The fourth-order valence-electron chi connectivity index (χ4n) is 0. The van der Waals surface area contributed by atoms with Crippen molar-refractivity contribution < 1.29 is 72.6 Å². The van der Waals surface area contributed by atoms with Crippen LogP contribution >= 0.6 is 0 Å². The molecule has 0 saturated heterocycles. The second kappa shape index (κ2) is 33.9. The largest absolute Gasteiger partial charge is 0.358 e. The van der Waals surface area contributed by atoms with Crippen molar-refractivity contribution in [3.8, 4) is 0 Å². The Hall–Kier alpha value is 2.26. The van der Waals surface area contributed by atoms with Gasteiger partial charge in [-0.2, -0.15) is 0 Å². The minimum atomic E-state index is 0. The third kappa shape index (κ3) is 22.2. The molecule has 0 bridgehead atoms. The maximum absolute atomic E-state index is 0. The zero-order valence-electron chi connectivity index (χ0n) is 2.52. The van der Waals surface area contributed by atoms with Gasteiger partial charge in [-0.25, -0.2) is 0 Å². The van der Waals surface area contributed by atoms with Crippen molar-refractivity contribution in [2.75, 3.05) is 0 Å². The zero-order valence-corrected chi connectivity index (χ0v) is 8.01. The van der Waals surface area contributed by atoms with Crippen molar-refractivity contribution >= 4 is 0 Å². The maximum Gasteiger partial charge on any atom is 0 e. The molecule has 0 aliphatic heterocycles. The Morgan fingerprint density at radius 3 is 0.800 bits per heavy atom. The molecule has 0 unspecified atom stereocenters. The molecule has 0 heterocycles. The number of hydrogen-bond donors (Lipinski definition) is 0. The first-order valence-corrected chi connectivity index (χ1v) is 0. The Bertz CT molecular complexity index is 9.61. The van der Waals surface area contributed by atoms with Gasteiger partial charge >= 0.3 is 0 Å². The number of rotatable bonds is 0. The smallest absolute Gasteiger partial charge is 0 e. The molecule has 36 valence electrons. The summed E-state index contributed by atoms with van der Waals surface area (Å²) in [4.78, 5) is 0. The van der Waals surface area contributed by atoms with Crippen LogP contribution in [0, 0.1) is 7.43 Å². The molecule has 5 heavy (non-hydrogen) atoms. The van der Waals surface area contributed by atoms with E-state index in [4.69, 9.17) is 0 Å². The van der Waals surface area contributed by atoms with Crippen LogP contribution in [0.4, 0.5) is 0 Å². The van der Waals surface area contributed by atoms with E-state index >= 15 is 0 Å². The van der Waals surface area contributed by atoms with Gasteiger partial charge in [-0.15, -0.1) is 0 Å². The molecule has 0 aliphatic carbocycles. The van der Waals surface area contributed by atoms with Crippen molar-refractivity contribution in [3.63, 3.8) is 0 Å². The van der Waals surface area contributed by atoms with E-state index in [0.29, 0.717) is 0 Å². The van der Waals surface area contributed by atoms with Crippen LogP contribution in [-0.4, -0.2) is 0 Å². The summed E-state index contributed by atoms with van der Waals surface area (Å²) in [6.07, 6.45) is 0. The molecule has 0 aliphatic rings. The Labute approximate surface area is 79.2 Å². The van der Waals surface area contributed by atoms with Crippen molar-refractivity contribution in [2.24, 2.45) is 0 Å². The van der Waals surface area contributed by atoms with Gasteiger partial charge in [0.15, 0.2) is 0 Å². The van der Waals surface area contributed by atoms with E-state index in [9.17, 15) is 0 Å². The van der Waals surface area contributed by atoms with Gasteiger partial charge in [0.25, 0.3) is 0 Å². The molecule has 0 aromatic rings. The van der Waals surface area contributed by atoms with E-state index in [-0.39, 0.29) is 80.0 Å². The molecule has 0 aromatic heterocycles. The normalized spacial score (nSPS) is 0. The minimum absolute atomic E-state index is 0. The first kappa shape index (κ1) is 55.7. The van der Waals surface area contributed by atoms with E-state index < -0.39 is 0 Å². The first-order chi connectivity index (χ1) is 0. The molecule has 0 spiro atoms. The van der Waals surface area contributed by atoms with Gasteiger partial charge in [-0.1, -0.05) is 0 Å². The van der Waals surface area contributed by atoms with E-state index in [1.165, 1.54) is 0 Å². The van der Waals surface area contributed by atoms with Crippen LogP contribution in [0.2, 0.25) is 0 Å². The standard InChI is InChI=1S/CH3.Cr.2Fe.Mo/h1H3;;;;/q-1;;;;. The van der Waals surface area contributed by atoms with Crippen LogP contribution < -0.4 is 0 Å². The van der Waals surface area contributed by atoms with Crippen molar-refractivity contribution in [2.45, 2.75) is 0 Å². The Balaban J connectivity index is 0. The molecule has 0 radical (unpaired) electrons. The third-order valence-electron chi connectivity index (χ3n) is 0. The van der Waals surface area contributed by atoms with Crippen molar-refractivity contribution in [1.82, 2.24) is 0 Å². The molecular weight excluding hydrogens is 272 g/mol. The molecular formula is CH3CrFe2Mo-. The summed E-state index contributed by atoms with van der Waals surface area (Å²) in [6.45, 7) is 0. The zero-order chi connectivity index (χ0) is 0. The molecule has 0 saturated carbocycles. The van der Waals surface area contributed by atoms with E-state index in [2.05, 4.69) is 0 Å². The summed E-state index contributed by atoms with van der Waals surface area (Å²) < 4.78 is 0. The maximum atomic E-state index is 0. The van der Waals surface area contributed by atoms with Crippen molar-refractivity contribution in [1.29, 1.82) is 0 Å². The SMILES string of the molecule is [CH3-].[Cr].[Fe].[Fe].[Mo]. The molecule has 4 heteroatoms. The molecule has 0 fully saturated rings. The summed E-state index contributed by atoms with van der Waals surface area (Å²) in [6, 6.07) is 0. The van der Waals surface area contributed by atoms with Crippen LogP contribution in [0.3, 0.4) is 0 Å². The molecule has 0 atom stereocenters. The summed E-state index contributed by atoms with van der Waals surface area (Å²) in [5, 5.41) is 0. The van der Waals surface area contributed by atoms with E-state index in [0.717, 1.165) is 0 Å². The van der Waals surface area contributed by atoms with Crippen LogP contribution in [0.5, 0.6) is 0 Å². The van der Waals surface area contributed by atoms with Crippen LogP contribution in [0.25, 0.3) is 0 Å².